The summed E-state index contributed by atoms with van der Waals surface area (Å²) in [5, 5.41) is 0. The Hall–Kier alpha value is 0.200. The van der Waals surface area contributed by atoms with Crippen LogP contribution in [0, 0.1) is 22.7 Å². The van der Waals surface area contributed by atoms with Crippen LogP contribution in [0.5, 0.6) is 0 Å². The Bertz CT molecular complexity index is 502. The number of nitrogens with zero attached hydrogens (tertiary/aromatic N) is 2. The molecule has 0 aromatic rings. The van der Waals surface area contributed by atoms with Crippen LogP contribution in [0.15, 0.2) is 0 Å². The van der Waals surface area contributed by atoms with E-state index in [0.29, 0.717) is 16.9 Å². The van der Waals surface area contributed by atoms with Crippen LogP contribution in [0.1, 0.15) is 80.1 Å². The summed E-state index contributed by atoms with van der Waals surface area (Å²) in [6.45, 7) is 15.7. The second kappa shape index (κ2) is 7.31. The van der Waals surface area contributed by atoms with Gasteiger partial charge in [0.05, 0.1) is 12.5 Å². The zero-order valence-corrected chi connectivity index (χ0v) is 18.8. The van der Waals surface area contributed by atoms with E-state index in [9.17, 15) is 0 Å². The molecule has 2 saturated carbocycles. The summed E-state index contributed by atoms with van der Waals surface area (Å²) in [4.78, 5) is 5.33. The van der Waals surface area contributed by atoms with Gasteiger partial charge in [0, 0.05) is 12.1 Å². The maximum atomic E-state index is 5.81. The Morgan fingerprint density at radius 1 is 0.880 bits per heavy atom. The molecule has 2 nitrogen and oxygen atoms in total. The summed E-state index contributed by atoms with van der Waals surface area (Å²) in [5.41, 5.74) is 0.934. The summed E-state index contributed by atoms with van der Waals surface area (Å²) >= 11 is 7.71. The van der Waals surface area contributed by atoms with Crippen molar-refractivity contribution >= 4 is 28.3 Å². The summed E-state index contributed by atoms with van der Waals surface area (Å²) in [7, 11) is 0. The molecule has 0 aromatic carbocycles. The number of thioether (sulfide) groups is 1. The molecule has 3 fully saturated rings. The van der Waals surface area contributed by atoms with Gasteiger partial charge >= 0.3 is 0 Å². The number of hydrogen-bond acceptors (Lipinski definition) is 3. The van der Waals surface area contributed by atoms with E-state index in [4.69, 9.17) is 12.2 Å². The molecule has 0 unspecified atom stereocenters. The van der Waals surface area contributed by atoms with Crippen molar-refractivity contribution in [1.82, 2.24) is 9.80 Å². The maximum absolute atomic E-state index is 5.81. The Kier molecular flexibility index (Phi) is 5.84. The van der Waals surface area contributed by atoms with Crippen LogP contribution in [0.2, 0.25) is 0 Å². The third-order valence-corrected chi connectivity index (χ3v) is 8.14. The molecule has 0 amide bonds. The van der Waals surface area contributed by atoms with Crippen LogP contribution in [-0.4, -0.2) is 38.7 Å². The topological polar surface area (TPSA) is 6.48 Å². The van der Waals surface area contributed by atoms with Gasteiger partial charge in [-0.05, 0) is 61.2 Å². The van der Waals surface area contributed by atoms with Crippen LogP contribution in [0.4, 0.5) is 0 Å². The molecule has 144 valence electrons. The highest BCUT2D eigenvalue weighted by Crippen LogP contribution is 2.44. The summed E-state index contributed by atoms with van der Waals surface area (Å²) in [5.74, 6) is 2.74. The number of thiocarbonyl (C=S) groups is 1. The van der Waals surface area contributed by atoms with Gasteiger partial charge in [0.2, 0.25) is 0 Å². The van der Waals surface area contributed by atoms with E-state index < -0.39 is 0 Å². The van der Waals surface area contributed by atoms with Crippen LogP contribution in [-0.2, 0) is 0 Å². The van der Waals surface area contributed by atoms with Crippen LogP contribution < -0.4 is 0 Å². The zero-order valence-electron chi connectivity index (χ0n) is 17.2. The minimum absolute atomic E-state index is 0.451. The highest BCUT2D eigenvalue weighted by Gasteiger charge is 2.41. The lowest BCUT2D eigenvalue weighted by Crippen LogP contribution is -2.56. The lowest BCUT2D eigenvalue weighted by molar-refractivity contribution is 0.0281. The molecule has 3 rings (SSSR count). The van der Waals surface area contributed by atoms with Gasteiger partial charge in [-0.1, -0.05) is 65.5 Å². The van der Waals surface area contributed by atoms with Gasteiger partial charge in [-0.2, -0.15) is 0 Å². The van der Waals surface area contributed by atoms with Crippen molar-refractivity contribution in [2.45, 2.75) is 92.2 Å². The molecule has 25 heavy (non-hydrogen) atoms. The third kappa shape index (κ3) is 4.93. The Labute approximate surface area is 165 Å². The second-order valence-corrected chi connectivity index (χ2v) is 12.5. The molecule has 1 saturated heterocycles. The number of hydrogen-bond donors (Lipinski definition) is 0. The van der Waals surface area contributed by atoms with Crippen molar-refractivity contribution in [2.24, 2.45) is 22.7 Å². The molecule has 1 heterocycles. The lowest BCUT2D eigenvalue weighted by Gasteiger charge is -2.51. The van der Waals surface area contributed by atoms with E-state index >= 15 is 0 Å². The minimum atomic E-state index is 0.451. The van der Waals surface area contributed by atoms with Gasteiger partial charge in [-0.25, -0.2) is 0 Å². The maximum Gasteiger partial charge on any atom is 0.138 e. The van der Waals surface area contributed by atoms with Gasteiger partial charge in [-0.15, -0.1) is 0 Å². The lowest BCUT2D eigenvalue weighted by atomic mass is 9.70. The first kappa shape index (κ1) is 19.9. The predicted molar refractivity (Wildman–Crippen MR) is 115 cm³/mol. The van der Waals surface area contributed by atoms with E-state index in [1.54, 1.807) is 0 Å². The molecule has 0 spiro atoms. The predicted octanol–water partition coefficient (Wildman–Crippen LogP) is 5.97. The monoisotopic (exact) mass is 382 g/mol. The SMILES string of the molecule is C[C@@H]1C[C@H](N2CSC(=S)N([C@@H]3C[C@H](C)CC(C)(C)C3)C2)CC(C)(C)C1. The Balaban J connectivity index is 1.70. The third-order valence-electron chi connectivity index (χ3n) is 6.61. The first-order chi connectivity index (χ1) is 11.5. The molecule has 2 aliphatic carbocycles. The summed E-state index contributed by atoms with van der Waals surface area (Å²) < 4.78 is 1.15. The van der Waals surface area contributed by atoms with Gasteiger partial charge < -0.3 is 4.90 Å². The molecular weight excluding hydrogens is 344 g/mol. The Morgan fingerprint density at radius 3 is 1.96 bits per heavy atom. The van der Waals surface area contributed by atoms with Gasteiger partial charge in [0.15, 0.2) is 0 Å². The fraction of sp³-hybridized carbons (Fsp3) is 0.952. The highest BCUT2D eigenvalue weighted by molar-refractivity contribution is 8.22. The Morgan fingerprint density at radius 2 is 1.40 bits per heavy atom. The van der Waals surface area contributed by atoms with Crippen molar-refractivity contribution in [2.75, 3.05) is 12.5 Å². The quantitative estimate of drug-likeness (QED) is 0.543. The molecule has 0 N–H and O–H groups in total. The van der Waals surface area contributed by atoms with Crippen molar-refractivity contribution in [3.63, 3.8) is 0 Å². The standard InChI is InChI=1S/C21H38N2S2/c1-15-7-17(11-20(3,4)9-15)22-13-23(19(24)25-14-22)18-8-16(2)10-21(5,6)12-18/h15-18H,7-14H2,1-6H3/t15-,16+,17+,18-/m1/s1. The fourth-order valence-electron chi connectivity index (χ4n) is 6.11. The van der Waals surface area contributed by atoms with Crippen LogP contribution in [0.25, 0.3) is 0 Å². The average Bonchev–Trinajstić information content (AvgIpc) is 2.43. The van der Waals surface area contributed by atoms with Gasteiger partial charge in [0.1, 0.15) is 4.32 Å². The molecule has 4 heteroatoms. The van der Waals surface area contributed by atoms with E-state index in [0.717, 1.165) is 34.7 Å². The van der Waals surface area contributed by atoms with E-state index in [1.807, 2.05) is 11.8 Å². The van der Waals surface area contributed by atoms with Crippen LogP contribution in [0.3, 0.4) is 0 Å². The van der Waals surface area contributed by atoms with E-state index in [-0.39, 0.29) is 0 Å². The average molecular weight is 383 g/mol. The number of rotatable bonds is 2. The molecular formula is C21H38N2S2. The van der Waals surface area contributed by atoms with E-state index in [2.05, 4.69) is 51.3 Å². The molecule has 0 radical (unpaired) electrons. The largest absolute Gasteiger partial charge is 0.341 e. The normalized spacial score (nSPS) is 39.4. The molecule has 0 aromatic heterocycles. The summed E-state index contributed by atoms with van der Waals surface area (Å²) in [6, 6.07) is 1.36. The van der Waals surface area contributed by atoms with Crippen molar-refractivity contribution < 1.29 is 0 Å². The first-order valence-corrected chi connectivity index (χ1v) is 11.6. The van der Waals surface area contributed by atoms with Crippen molar-refractivity contribution in [3.05, 3.63) is 0 Å². The first-order valence-electron chi connectivity index (χ1n) is 10.2. The molecule has 3 aliphatic rings. The highest BCUT2D eigenvalue weighted by atomic mass is 32.2. The molecule has 4 atom stereocenters. The van der Waals surface area contributed by atoms with Crippen LogP contribution >= 0.6 is 24.0 Å². The van der Waals surface area contributed by atoms with Gasteiger partial charge in [-0.3, -0.25) is 4.90 Å². The van der Waals surface area contributed by atoms with Gasteiger partial charge in [0.25, 0.3) is 0 Å². The van der Waals surface area contributed by atoms with Crippen molar-refractivity contribution in [1.29, 1.82) is 0 Å². The summed E-state index contributed by atoms with van der Waals surface area (Å²) in [6.07, 6.45) is 8.03. The van der Waals surface area contributed by atoms with Crippen molar-refractivity contribution in [3.8, 4) is 0 Å². The van der Waals surface area contributed by atoms with E-state index in [1.165, 1.54) is 38.5 Å². The fourth-order valence-corrected chi connectivity index (χ4v) is 7.41. The smallest absolute Gasteiger partial charge is 0.138 e. The minimum Gasteiger partial charge on any atom is -0.341 e. The molecule has 0 bridgehead atoms. The molecule has 1 aliphatic heterocycles. The zero-order chi connectivity index (χ0) is 18.4. The second-order valence-electron chi connectivity index (χ2n) is 10.9.